The molecule has 1 aromatic heterocycles. The first-order chi connectivity index (χ1) is 42.0. The van der Waals surface area contributed by atoms with Gasteiger partial charge in [0.2, 0.25) is 35.4 Å². The van der Waals surface area contributed by atoms with Crippen LogP contribution in [-0.2, 0) is 44.0 Å². The van der Waals surface area contributed by atoms with Crippen molar-refractivity contribution in [2.45, 2.75) is 145 Å². The smallest absolute Gasteiger partial charge is 0.716 e. The number of aromatic nitrogens is 1. The van der Waals surface area contributed by atoms with Gasteiger partial charge in [0.25, 0.3) is 16.3 Å². The number of primary amides is 1. The van der Waals surface area contributed by atoms with Crippen LogP contribution in [0.1, 0.15) is 87.7 Å². The quantitative estimate of drug-likeness (QED) is 0.0191. The number of ether oxygens (including phenoxy) is 1. The molecule has 3 aliphatic rings. The zero-order chi connectivity index (χ0) is 65.3. The number of Topliss-reactive ketones (excluding diaryl/α,β-unsaturated/α-hetero) is 1. The van der Waals surface area contributed by atoms with E-state index in [1.807, 2.05) is 5.32 Å². The van der Waals surface area contributed by atoms with E-state index in [1.54, 1.807) is 30.3 Å². The van der Waals surface area contributed by atoms with E-state index in [2.05, 4.69) is 32.2 Å². The summed E-state index contributed by atoms with van der Waals surface area (Å²) < 4.78 is 50.0. The Morgan fingerprint density at radius 2 is 1.48 bits per heavy atom. The molecule has 0 radical (unpaired) electrons. The summed E-state index contributed by atoms with van der Waals surface area (Å²) >= 11 is 0. The Kier molecular flexibility index (Phi) is 24.9. The van der Waals surface area contributed by atoms with Crippen molar-refractivity contribution in [2.24, 2.45) is 17.6 Å². The molecule has 90 heavy (non-hydrogen) atoms. The number of nitrogens with zero attached hydrogens (tertiary/aromatic N) is 3. The summed E-state index contributed by atoms with van der Waals surface area (Å²) in [5.74, 6) is -14.9. The van der Waals surface area contributed by atoms with Gasteiger partial charge in [-0.2, -0.15) is 0 Å². The maximum atomic E-state index is 14.7. The second kappa shape index (κ2) is 31.2. The molecule has 0 bridgehead atoms. The van der Waals surface area contributed by atoms with Crippen LogP contribution in [0.15, 0.2) is 77.3 Å². The molecule has 31 nitrogen and oxygen atoms in total. The Bertz CT molecular complexity index is 3340. The Morgan fingerprint density at radius 3 is 2.11 bits per heavy atom. The van der Waals surface area contributed by atoms with Gasteiger partial charge in [-0.05, 0) is 67.4 Å². The maximum absolute atomic E-state index is 14.7. The molecule has 1 unspecified atom stereocenters. The minimum Gasteiger partial charge on any atom is -0.716 e. The van der Waals surface area contributed by atoms with Gasteiger partial charge in [-0.15, -0.1) is 0 Å². The summed E-state index contributed by atoms with van der Waals surface area (Å²) in [7, 11) is -5.59. The van der Waals surface area contributed by atoms with Crippen molar-refractivity contribution in [1.82, 2.24) is 36.2 Å². The molecule has 4 aromatic rings. The summed E-state index contributed by atoms with van der Waals surface area (Å²) in [5.41, 5.74) is 6.20. The number of ketones is 1. The monoisotopic (exact) mass is 1290 g/mol. The molecular weight excluding hydrogens is 1220 g/mol. The van der Waals surface area contributed by atoms with E-state index < -0.39 is 204 Å². The van der Waals surface area contributed by atoms with Crippen LogP contribution in [-0.4, -0.2) is 214 Å². The van der Waals surface area contributed by atoms with Gasteiger partial charge < -0.3 is 101 Å². The number of benzene rings is 3. The molecule has 3 aromatic carbocycles. The predicted octanol–water partition coefficient (Wildman–Crippen LogP) is -6.15. The van der Waals surface area contributed by atoms with Crippen LogP contribution >= 0.6 is 0 Å². The van der Waals surface area contributed by atoms with E-state index in [9.17, 15) is 97.3 Å². The number of rotatable bonds is 18. The molecule has 0 saturated carbocycles. The number of unbranched alkanes of at least 4 members (excludes halogenated alkanes) is 2. The van der Waals surface area contributed by atoms with Gasteiger partial charge in [0.15, 0.2) is 29.3 Å². The third-order valence-corrected chi connectivity index (χ3v) is 15.9. The molecule has 15 N–H and O–H groups in total. The number of phenols is 1. The molecule has 484 valence electrons. The van der Waals surface area contributed by atoms with Crippen LogP contribution in [0.2, 0.25) is 0 Å². The van der Waals surface area contributed by atoms with Crippen molar-refractivity contribution in [3.63, 3.8) is 0 Å². The third-order valence-electron chi connectivity index (χ3n) is 15.5. The average Bonchev–Trinajstić information content (AvgIpc) is 2.24. The molecule has 33 heteroatoms. The normalized spacial score (nSPS) is 26.2. The second-order valence-corrected chi connectivity index (χ2v) is 23.2. The Hall–Kier alpha value is -7.18. The number of aliphatic hydroxyl groups excluding tert-OH is 8. The molecule has 3 fully saturated rings. The van der Waals surface area contributed by atoms with E-state index in [1.165, 1.54) is 31.2 Å². The van der Waals surface area contributed by atoms with Crippen molar-refractivity contribution in [3.8, 4) is 39.8 Å². The fourth-order valence-electron chi connectivity index (χ4n) is 10.6. The Morgan fingerprint density at radius 1 is 0.833 bits per heavy atom. The van der Waals surface area contributed by atoms with Gasteiger partial charge >= 0.3 is 29.6 Å². The number of hydrogen-bond acceptors (Lipinski definition) is 24. The number of fused-ring (bicyclic) bond motifs is 2. The summed E-state index contributed by atoms with van der Waals surface area (Å²) in [6, 6.07) is 6.31. The average molecular weight is 1290 g/mol. The fourth-order valence-corrected chi connectivity index (χ4v) is 11.0. The van der Waals surface area contributed by atoms with Gasteiger partial charge in [-0.25, -0.2) is 8.42 Å². The van der Waals surface area contributed by atoms with Crippen LogP contribution in [0.5, 0.6) is 17.2 Å². The van der Waals surface area contributed by atoms with Crippen molar-refractivity contribution in [3.05, 3.63) is 83.9 Å². The van der Waals surface area contributed by atoms with Crippen LogP contribution in [0.3, 0.4) is 0 Å². The third kappa shape index (κ3) is 17.9. The molecule has 0 spiro atoms. The molecule has 0 aliphatic carbocycles. The molecule has 7 amide bonds. The van der Waals surface area contributed by atoms with Gasteiger partial charge in [0.1, 0.15) is 47.8 Å². The standard InChI is InChI=1S/C57H72N8O23S.Na/c1-4-5-6-17-86-33-14-11-29(12-15-33)42-22-35(63-87-42)28-7-9-30(10-8-28)51(76)59-36-21-41(71)54(79)62-55(80)47-48(73)26(2)24-65(47)57(82)46(40(70)23-44(58)72)61-52(77)34(50(75)49(74)31-13-16-38(68)43(18-31)88-89(83,84)85)20-39(69)37-19-32(67)25-64(37)56(81)45(27(3)66)60-53(36)78;/h7-16,18,22,26-27,32,34,36-37,40-41,45-50,54,66-68,70-71,73-75,79H,4-6,17,19-21,23-25H2,1-3H3,(H2,58,72)(H,59,76)(H,60,78)(H,61,77)(H,62,80)(H,83,84,85);/q;+1/p-1/t26-,27+,32+,34-,36-,37-,40+,41+,45?,46-,47-,48-,49-,50-,54+;/m0./s1. The first kappa shape index (κ1) is 71.9. The maximum Gasteiger partial charge on any atom is 1.00 e. The molecular formula is C57H71N8NaO23S. The number of phenolic OH excluding ortho intramolecular Hbond substituents is 1. The summed E-state index contributed by atoms with van der Waals surface area (Å²) in [6.07, 6.45) is -18.2. The van der Waals surface area contributed by atoms with E-state index >= 15 is 0 Å². The molecule has 15 atom stereocenters. The van der Waals surface area contributed by atoms with Gasteiger partial charge in [0, 0.05) is 61.0 Å². The minimum atomic E-state index is -5.59. The fraction of sp³-hybridized carbons (Fsp3) is 0.491. The SMILES string of the molecule is CCCCCOc1ccc(-c2cc(-c3ccc(C(=O)N[C@H]4C[C@@H](O)[C@@H](O)NC(=O)[C@@H]5[C@@H](O)[C@@H](C)CN5C(=O)[C@H]([C@H](O)CC(N)=O)NC(=O)[C@H]([C@H](O)[C@@H](O)c5ccc(O)c(OS(=O)(=O)[O-])c5)CC(=O)[C@@H]5C[C@@H](O)CN5C(=O)C([C@@H](C)O)NC4=O)cc3)no2)cc1.[Na+]. The number of nitrogens with two attached hydrogens (primary N) is 1. The minimum absolute atomic E-state index is 0. The van der Waals surface area contributed by atoms with E-state index in [0.29, 0.717) is 56.9 Å². The first-order valence-electron chi connectivity index (χ1n) is 28.3. The van der Waals surface area contributed by atoms with E-state index in [-0.39, 0.29) is 35.1 Å². The van der Waals surface area contributed by atoms with Crippen LogP contribution in [0, 0.1) is 11.8 Å². The number of amides is 7. The van der Waals surface area contributed by atoms with Gasteiger partial charge in [-0.3, -0.25) is 38.4 Å². The van der Waals surface area contributed by atoms with Gasteiger partial charge in [0.05, 0.1) is 55.5 Å². The number of carbonyl (C=O) groups is 8. The van der Waals surface area contributed by atoms with Crippen molar-refractivity contribution < 1.29 is 140 Å². The largest absolute Gasteiger partial charge is 1.00 e. The number of aliphatic hydroxyl groups is 8. The molecule has 3 aliphatic heterocycles. The van der Waals surface area contributed by atoms with Crippen molar-refractivity contribution >= 4 is 57.5 Å². The topological polar surface area (TPSA) is 501 Å². The number of aromatic hydroxyl groups is 1. The molecule has 7 rings (SSSR count). The number of carbonyl (C=O) groups excluding carboxylic acids is 8. The van der Waals surface area contributed by atoms with Crippen LogP contribution < -0.4 is 65.5 Å². The Balaban J connectivity index is 0.0000129. The zero-order valence-corrected chi connectivity index (χ0v) is 52.0. The van der Waals surface area contributed by atoms with Gasteiger partial charge in [-0.1, -0.05) is 50.0 Å². The Labute approximate surface area is 537 Å². The van der Waals surface area contributed by atoms with Crippen LogP contribution in [0.25, 0.3) is 22.6 Å². The second-order valence-electron chi connectivity index (χ2n) is 22.2. The first-order valence-corrected chi connectivity index (χ1v) is 29.7. The predicted molar refractivity (Wildman–Crippen MR) is 303 cm³/mol. The van der Waals surface area contributed by atoms with Crippen molar-refractivity contribution in [2.75, 3.05) is 19.7 Å². The summed E-state index contributed by atoms with van der Waals surface area (Å²) in [6.45, 7) is 3.80. The summed E-state index contributed by atoms with van der Waals surface area (Å²) in [4.78, 5) is 115. The molecule has 4 heterocycles. The van der Waals surface area contributed by atoms with E-state index in [4.69, 9.17) is 15.0 Å². The van der Waals surface area contributed by atoms with E-state index in [0.717, 1.165) is 32.3 Å². The number of hydrogen-bond donors (Lipinski definition) is 14. The van der Waals surface area contributed by atoms with Crippen LogP contribution in [0.4, 0.5) is 0 Å². The summed E-state index contributed by atoms with van der Waals surface area (Å²) in [5, 5.41) is 114. The number of nitrogens with one attached hydrogen (secondary N) is 4. The molecule has 3 saturated heterocycles. The zero-order valence-electron chi connectivity index (χ0n) is 49.2. The van der Waals surface area contributed by atoms with Crippen molar-refractivity contribution in [1.29, 1.82) is 0 Å².